The molecule has 3 aliphatic heterocycles. The highest BCUT2D eigenvalue weighted by Gasteiger charge is 2.48. The number of piperidine rings is 3. The van der Waals surface area contributed by atoms with Gasteiger partial charge in [-0.15, -0.1) is 0 Å². The average Bonchev–Trinajstić information content (AvgIpc) is 3.58. The Labute approximate surface area is 173 Å². The maximum absolute atomic E-state index is 10.1. The molecule has 1 aliphatic carbocycles. The van der Waals surface area contributed by atoms with Crippen LogP contribution in [0.25, 0.3) is 10.9 Å². The number of para-hydroxylation sites is 1. The molecule has 4 nitrogen and oxygen atoms in total. The number of benzene rings is 1. The second-order valence-electron chi connectivity index (χ2n) is 10.1. The first-order valence-corrected chi connectivity index (χ1v) is 11.7. The zero-order valence-electron chi connectivity index (χ0n) is 17.6. The lowest BCUT2D eigenvalue weighted by atomic mass is 9.74. The van der Waals surface area contributed by atoms with Crippen molar-refractivity contribution in [1.29, 1.82) is 0 Å². The van der Waals surface area contributed by atoms with Gasteiger partial charge in [-0.2, -0.15) is 0 Å². The molecule has 0 radical (unpaired) electrons. The van der Waals surface area contributed by atoms with E-state index < -0.39 is 0 Å². The van der Waals surface area contributed by atoms with Gasteiger partial charge in [-0.3, -0.25) is 4.90 Å². The summed E-state index contributed by atoms with van der Waals surface area (Å²) < 4.78 is 0. The van der Waals surface area contributed by atoms with Gasteiger partial charge in [0.2, 0.25) is 0 Å². The molecule has 0 spiro atoms. The first-order chi connectivity index (χ1) is 14.2. The minimum absolute atomic E-state index is 0.0668. The van der Waals surface area contributed by atoms with E-state index in [1.807, 2.05) is 0 Å². The van der Waals surface area contributed by atoms with E-state index in [4.69, 9.17) is 4.98 Å². The Balaban J connectivity index is 1.32. The number of hydrogen-bond donors (Lipinski definition) is 1. The maximum atomic E-state index is 10.1. The van der Waals surface area contributed by atoms with Crippen molar-refractivity contribution in [3.8, 4) is 0 Å². The fourth-order valence-corrected chi connectivity index (χ4v) is 6.78. The van der Waals surface area contributed by atoms with Crippen molar-refractivity contribution in [2.24, 2.45) is 17.8 Å². The van der Waals surface area contributed by atoms with E-state index in [9.17, 15) is 5.11 Å². The second-order valence-corrected chi connectivity index (χ2v) is 10.1. The molecule has 1 aromatic carbocycles. The molecule has 154 valence electrons. The molecule has 2 bridgehead atoms. The lowest BCUT2D eigenvalue weighted by molar-refractivity contribution is -0.0259. The summed E-state index contributed by atoms with van der Waals surface area (Å²) in [5.74, 6) is 3.53. The van der Waals surface area contributed by atoms with Gasteiger partial charge in [-0.1, -0.05) is 24.6 Å². The third-order valence-corrected chi connectivity index (χ3v) is 8.17. The summed E-state index contributed by atoms with van der Waals surface area (Å²) in [4.78, 5) is 10.6. The molecule has 4 fully saturated rings. The molecule has 4 heterocycles. The van der Waals surface area contributed by atoms with Gasteiger partial charge in [0.25, 0.3) is 0 Å². The van der Waals surface area contributed by atoms with E-state index >= 15 is 0 Å². The van der Waals surface area contributed by atoms with Crippen LogP contribution >= 0.6 is 0 Å². The third-order valence-electron chi connectivity index (χ3n) is 8.17. The Morgan fingerprint density at radius 3 is 2.66 bits per heavy atom. The molecule has 2 aromatic rings. The molecule has 1 aromatic heterocycles. The van der Waals surface area contributed by atoms with Gasteiger partial charge in [0.15, 0.2) is 0 Å². The number of aryl methyl sites for hydroxylation is 1. The summed E-state index contributed by atoms with van der Waals surface area (Å²) in [7, 11) is 0. The number of aromatic nitrogens is 1. The lowest BCUT2D eigenvalue weighted by Gasteiger charge is -2.55. The number of aliphatic hydroxyl groups is 1. The number of pyridine rings is 1. The highest BCUT2D eigenvalue weighted by molar-refractivity contribution is 5.84. The molecular formula is C25H33N3O. The third kappa shape index (κ3) is 3.07. The summed E-state index contributed by atoms with van der Waals surface area (Å²) >= 11 is 0. The van der Waals surface area contributed by atoms with E-state index in [1.165, 1.54) is 50.6 Å². The van der Waals surface area contributed by atoms with Crippen LogP contribution in [-0.2, 0) is 6.61 Å². The van der Waals surface area contributed by atoms with Gasteiger partial charge in [-0.05, 0) is 68.4 Å². The number of anilines is 1. The fraction of sp³-hybridized carbons (Fsp3) is 0.640. The zero-order valence-corrected chi connectivity index (χ0v) is 17.6. The maximum Gasteiger partial charge on any atom is 0.134 e. The quantitative estimate of drug-likeness (QED) is 0.854. The number of fused-ring (bicyclic) bond motifs is 5. The van der Waals surface area contributed by atoms with Crippen LogP contribution in [0.5, 0.6) is 0 Å². The minimum atomic E-state index is 0.0668. The highest BCUT2D eigenvalue weighted by Crippen LogP contribution is 2.47. The Hall–Kier alpha value is -1.65. The average molecular weight is 392 g/mol. The standard InChI is InChI=1S/C25H33N3O/c1-16-4-2-5-19-11-21(15-29)25(26-24(16)19)27-12-17-10-20(14-27)23-7-3-6-22(18-8-9-18)28(23)13-17/h2,4-5,11,17-18,20,22-23,29H,3,6-10,12-15H2,1H3/t17-,20+,22+,23-/m0/s1. The highest BCUT2D eigenvalue weighted by atomic mass is 16.3. The largest absolute Gasteiger partial charge is 0.392 e. The molecule has 6 rings (SSSR count). The van der Waals surface area contributed by atoms with Crippen molar-refractivity contribution in [2.45, 2.75) is 64.1 Å². The predicted octanol–water partition coefficient (Wildman–Crippen LogP) is 4.12. The van der Waals surface area contributed by atoms with E-state index in [1.54, 1.807) is 0 Å². The summed E-state index contributed by atoms with van der Waals surface area (Å²) in [5, 5.41) is 11.2. The Kier molecular flexibility index (Phi) is 4.35. The van der Waals surface area contributed by atoms with Gasteiger partial charge in [0.1, 0.15) is 5.82 Å². The minimum Gasteiger partial charge on any atom is -0.392 e. The fourth-order valence-electron chi connectivity index (χ4n) is 6.78. The zero-order chi connectivity index (χ0) is 19.5. The molecule has 0 amide bonds. The number of nitrogens with zero attached hydrogens (tertiary/aromatic N) is 3. The molecule has 0 unspecified atom stereocenters. The van der Waals surface area contributed by atoms with Crippen LogP contribution in [0, 0.1) is 24.7 Å². The molecule has 4 aliphatic rings. The van der Waals surface area contributed by atoms with Crippen molar-refractivity contribution < 1.29 is 5.11 Å². The second kappa shape index (κ2) is 6.95. The topological polar surface area (TPSA) is 39.6 Å². The summed E-state index contributed by atoms with van der Waals surface area (Å²) in [5.41, 5.74) is 3.29. The van der Waals surface area contributed by atoms with Crippen LogP contribution < -0.4 is 4.90 Å². The van der Waals surface area contributed by atoms with Gasteiger partial charge in [0, 0.05) is 42.7 Å². The van der Waals surface area contributed by atoms with Crippen molar-refractivity contribution in [2.75, 3.05) is 24.5 Å². The lowest BCUT2D eigenvalue weighted by Crippen LogP contribution is -2.62. The molecule has 1 N–H and O–H groups in total. The van der Waals surface area contributed by atoms with Crippen LogP contribution in [-0.4, -0.2) is 46.7 Å². The normalized spacial score (nSPS) is 32.4. The summed E-state index contributed by atoms with van der Waals surface area (Å²) in [6.45, 7) is 5.68. The number of hydrogen-bond acceptors (Lipinski definition) is 4. The van der Waals surface area contributed by atoms with Crippen LogP contribution in [0.1, 0.15) is 49.7 Å². The number of rotatable bonds is 3. The monoisotopic (exact) mass is 391 g/mol. The van der Waals surface area contributed by atoms with Crippen molar-refractivity contribution >= 4 is 16.7 Å². The predicted molar refractivity (Wildman–Crippen MR) is 117 cm³/mol. The van der Waals surface area contributed by atoms with Gasteiger partial charge in [0.05, 0.1) is 12.1 Å². The first-order valence-electron chi connectivity index (χ1n) is 11.7. The molecular weight excluding hydrogens is 358 g/mol. The van der Waals surface area contributed by atoms with Gasteiger partial charge >= 0.3 is 0 Å². The summed E-state index contributed by atoms with van der Waals surface area (Å²) in [6, 6.07) is 10.1. The molecule has 3 saturated heterocycles. The molecule has 4 atom stereocenters. The van der Waals surface area contributed by atoms with E-state index in [0.717, 1.165) is 65.2 Å². The SMILES string of the molecule is Cc1cccc2cc(CO)c(N3C[C@@H]4C[C@H](C3)[C@@H]3CCC[C@H](C5CC5)N3C4)nc12. The molecule has 1 saturated carbocycles. The molecule has 4 heteroatoms. The Morgan fingerprint density at radius 2 is 1.86 bits per heavy atom. The van der Waals surface area contributed by atoms with E-state index in [-0.39, 0.29) is 6.61 Å². The Bertz CT molecular complexity index is 924. The first kappa shape index (κ1) is 18.1. The number of aliphatic hydroxyl groups excluding tert-OH is 1. The van der Waals surface area contributed by atoms with Crippen LogP contribution in [0.3, 0.4) is 0 Å². The van der Waals surface area contributed by atoms with Gasteiger partial charge < -0.3 is 10.0 Å². The Morgan fingerprint density at radius 1 is 1.03 bits per heavy atom. The summed E-state index contributed by atoms with van der Waals surface area (Å²) in [6.07, 6.45) is 8.55. The van der Waals surface area contributed by atoms with Crippen LogP contribution in [0.4, 0.5) is 5.82 Å². The smallest absolute Gasteiger partial charge is 0.134 e. The van der Waals surface area contributed by atoms with Crippen LogP contribution in [0.15, 0.2) is 24.3 Å². The van der Waals surface area contributed by atoms with Crippen molar-refractivity contribution in [1.82, 2.24) is 9.88 Å². The van der Waals surface area contributed by atoms with Gasteiger partial charge in [-0.25, -0.2) is 4.98 Å². The van der Waals surface area contributed by atoms with E-state index in [0.29, 0.717) is 0 Å². The molecule has 29 heavy (non-hydrogen) atoms. The van der Waals surface area contributed by atoms with E-state index in [2.05, 4.69) is 41.0 Å². The van der Waals surface area contributed by atoms with Crippen molar-refractivity contribution in [3.05, 3.63) is 35.4 Å². The van der Waals surface area contributed by atoms with Crippen molar-refractivity contribution in [3.63, 3.8) is 0 Å². The van der Waals surface area contributed by atoms with Crippen LogP contribution in [0.2, 0.25) is 0 Å².